The van der Waals surface area contributed by atoms with E-state index in [1.807, 2.05) is 13.8 Å². The molecule has 0 radical (unpaired) electrons. The molecule has 41 heavy (non-hydrogen) atoms. The first-order valence-corrected chi connectivity index (χ1v) is 14.9. The third-order valence-corrected chi connectivity index (χ3v) is 8.99. The lowest BCUT2D eigenvalue weighted by atomic mass is 10.1. The number of hydrogen-bond donors (Lipinski definition) is 1. The van der Waals surface area contributed by atoms with Gasteiger partial charge < -0.3 is 10.2 Å². The summed E-state index contributed by atoms with van der Waals surface area (Å²) in [6.07, 6.45) is 0.651. The van der Waals surface area contributed by atoms with E-state index in [2.05, 4.69) is 5.32 Å². The number of nitrogens with one attached hydrogen (secondary N) is 1. The molecule has 218 valence electrons. The Hall–Kier alpha value is -3.67. The third-order valence-electron chi connectivity index (χ3n) is 6.50. The summed E-state index contributed by atoms with van der Waals surface area (Å²) < 4.78 is 28.4. The summed E-state index contributed by atoms with van der Waals surface area (Å²) in [6.45, 7) is 4.28. The van der Waals surface area contributed by atoms with Crippen molar-refractivity contribution in [3.63, 3.8) is 0 Å². The molecule has 0 bridgehead atoms. The summed E-state index contributed by atoms with van der Waals surface area (Å²) in [6, 6.07) is 15.9. The molecule has 3 rings (SSSR count). The van der Waals surface area contributed by atoms with Crippen LogP contribution in [0, 0.1) is 10.1 Å². The minimum absolute atomic E-state index is 0.0937. The van der Waals surface area contributed by atoms with Crippen LogP contribution in [0.15, 0.2) is 77.7 Å². The number of nitro groups is 1. The fraction of sp³-hybridized carbons (Fsp3) is 0.286. The van der Waals surface area contributed by atoms with Crippen LogP contribution in [0.2, 0.25) is 10.0 Å². The monoisotopic (exact) mass is 620 g/mol. The Morgan fingerprint density at radius 3 is 2.17 bits per heavy atom. The number of halogens is 2. The number of hydrogen-bond acceptors (Lipinski definition) is 6. The van der Waals surface area contributed by atoms with Gasteiger partial charge in [0.25, 0.3) is 15.7 Å². The Balaban J connectivity index is 2.10. The van der Waals surface area contributed by atoms with E-state index in [0.717, 1.165) is 10.4 Å². The lowest BCUT2D eigenvalue weighted by Crippen LogP contribution is -2.52. The average Bonchev–Trinajstić information content (AvgIpc) is 2.95. The van der Waals surface area contributed by atoms with Gasteiger partial charge >= 0.3 is 0 Å². The Morgan fingerprint density at radius 2 is 1.59 bits per heavy atom. The Labute approximate surface area is 249 Å². The van der Waals surface area contributed by atoms with Crippen molar-refractivity contribution in [3.8, 4) is 0 Å². The number of rotatable bonds is 12. The summed E-state index contributed by atoms with van der Waals surface area (Å²) in [4.78, 5) is 39.0. The fourth-order valence-electron chi connectivity index (χ4n) is 3.91. The van der Waals surface area contributed by atoms with Crippen LogP contribution in [0.25, 0.3) is 0 Å². The van der Waals surface area contributed by atoms with Crippen LogP contribution in [-0.4, -0.2) is 48.7 Å². The van der Waals surface area contributed by atoms with Gasteiger partial charge in [0.05, 0.1) is 15.5 Å². The molecule has 2 atom stereocenters. The van der Waals surface area contributed by atoms with Gasteiger partial charge in [0.1, 0.15) is 12.6 Å². The molecule has 13 heteroatoms. The number of benzene rings is 3. The highest BCUT2D eigenvalue weighted by Gasteiger charge is 2.33. The molecular weight excluding hydrogens is 591 g/mol. The molecule has 0 saturated carbocycles. The highest BCUT2D eigenvalue weighted by molar-refractivity contribution is 7.92. The molecule has 0 aliphatic heterocycles. The topological polar surface area (TPSA) is 130 Å². The molecule has 3 aromatic carbocycles. The smallest absolute Gasteiger partial charge is 0.271 e. The molecule has 10 nitrogen and oxygen atoms in total. The second kappa shape index (κ2) is 13.8. The van der Waals surface area contributed by atoms with Gasteiger partial charge in [-0.1, -0.05) is 60.5 Å². The third kappa shape index (κ3) is 7.75. The molecule has 0 spiro atoms. The van der Waals surface area contributed by atoms with Crippen LogP contribution in [0.5, 0.6) is 0 Å². The maximum absolute atomic E-state index is 14.0. The highest BCUT2D eigenvalue weighted by atomic mass is 35.5. The summed E-state index contributed by atoms with van der Waals surface area (Å²) >= 11 is 12.8. The molecule has 0 aliphatic rings. The number of nitro benzene ring substituents is 1. The summed E-state index contributed by atoms with van der Waals surface area (Å²) in [7, 11) is -4.37. The lowest BCUT2D eigenvalue weighted by Gasteiger charge is -2.32. The first-order chi connectivity index (χ1) is 19.4. The molecular formula is C28H30Cl2N4O6S. The Morgan fingerprint density at radius 1 is 0.976 bits per heavy atom. The van der Waals surface area contributed by atoms with Crippen molar-refractivity contribution in [2.24, 2.45) is 0 Å². The maximum Gasteiger partial charge on any atom is 0.271 e. The van der Waals surface area contributed by atoms with E-state index >= 15 is 0 Å². The minimum atomic E-state index is -4.37. The Kier molecular flexibility index (Phi) is 10.7. The maximum atomic E-state index is 14.0. The SMILES string of the molecule is CC[C@@H](C)NC(=O)[C@@H](C)N(Cc1c(Cl)cccc1Cl)C(=O)CN(c1cccc([N+](=O)[O-])c1)S(=O)(=O)c1ccccc1. The number of sulfonamides is 1. The number of anilines is 1. The summed E-state index contributed by atoms with van der Waals surface area (Å²) in [5.41, 5.74) is -0.0757. The van der Waals surface area contributed by atoms with Gasteiger partial charge in [0, 0.05) is 40.3 Å². The molecule has 0 fully saturated rings. The number of amides is 2. The van der Waals surface area contributed by atoms with E-state index in [-0.39, 0.29) is 38.9 Å². The van der Waals surface area contributed by atoms with Crippen molar-refractivity contribution in [2.45, 2.75) is 50.7 Å². The quantitative estimate of drug-likeness (QED) is 0.212. The van der Waals surface area contributed by atoms with Crippen molar-refractivity contribution in [3.05, 3.63) is 98.5 Å². The first-order valence-electron chi connectivity index (χ1n) is 12.7. The van der Waals surface area contributed by atoms with Crippen molar-refractivity contribution in [2.75, 3.05) is 10.8 Å². The van der Waals surface area contributed by atoms with Gasteiger partial charge in [-0.05, 0) is 50.6 Å². The number of carbonyl (C=O) groups excluding carboxylic acids is 2. The zero-order chi connectivity index (χ0) is 30.3. The zero-order valence-corrected chi connectivity index (χ0v) is 25.0. The standard InChI is InChI=1S/C28H30Cl2N4O6S/c1-4-19(2)31-28(36)20(3)32(17-24-25(29)14-9-15-26(24)30)27(35)18-33(21-10-8-11-22(16-21)34(37)38)41(39,40)23-12-6-5-7-13-23/h5-16,19-20H,4,17-18H2,1-3H3,(H,31,36)/t19-,20-/m1/s1. The van der Waals surface area contributed by atoms with Gasteiger partial charge in [-0.25, -0.2) is 8.42 Å². The van der Waals surface area contributed by atoms with Crippen LogP contribution in [-0.2, 0) is 26.2 Å². The van der Waals surface area contributed by atoms with Crippen LogP contribution in [0.3, 0.4) is 0 Å². The van der Waals surface area contributed by atoms with E-state index in [1.165, 1.54) is 54.3 Å². The molecule has 0 unspecified atom stereocenters. The van der Waals surface area contributed by atoms with Crippen LogP contribution in [0.4, 0.5) is 11.4 Å². The van der Waals surface area contributed by atoms with E-state index in [0.29, 0.717) is 12.0 Å². The second-order valence-electron chi connectivity index (χ2n) is 9.32. The predicted molar refractivity (Wildman–Crippen MR) is 158 cm³/mol. The van der Waals surface area contributed by atoms with Crippen molar-refractivity contribution < 1.29 is 22.9 Å². The molecule has 1 N–H and O–H groups in total. The van der Waals surface area contributed by atoms with Crippen LogP contribution >= 0.6 is 23.2 Å². The fourth-order valence-corrected chi connectivity index (χ4v) is 5.86. The number of nitrogens with zero attached hydrogens (tertiary/aromatic N) is 3. The van der Waals surface area contributed by atoms with Gasteiger partial charge in [-0.2, -0.15) is 0 Å². The zero-order valence-electron chi connectivity index (χ0n) is 22.7. The van der Waals surface area contributed by atoms with E-state index < -0.39 is 39.3 Å². The lowest BCUT2D eigenvalue weighted by molar-refractivity contribution is -0.384. The van der Waals surface area contributed by atoms with Gasteiger partial charge in [-0.3, -0.25) is 24.0 Å². The molecule has 0 aromatic heterocycles. The number of non-ortho nitro benzene ring substituents is 1. The van der Waals surface area contributed by atoms with Crippen LogP contribution < -0.4 is 9.62 Å². The Bertz CT molecular complexity index is 1500. The molecule has 0 heterocycles. The molecule has 0 aliphatic carbocycles. The molecule has 3 aromatic rings. The second-order valence-corrected chi connectivity index (χ2v) is 12.0. The minimum Gasteiger partial charge on any atom is -0.352 e. The van der Waals surface area contributed by atoms with Gasteiger partial charge in [-0.15, -0.1) is 0 Å². The molecule has 2 amide bonds. The van der Waals surface area contributed by atoms with E-state index in [9.17, 15) is 28.1 Å². The van der Waals surface area contributed by atoms with Crippen molar-refractivity contribution in [1.29, 1.82) is 0 Å². The van der Waals surface area contributed by atoms with Gasteiger partial charge in [0.15, 0.2) is 0 Å². The summed E-state index contributed by atoms with van der Waals surface area (Å²) in [5.74, 6) is -1.21. The molecule has 0 saturated heterocycles. The van der Waals surface area contributed by atoms with Crippen LogP contribution in [0.1, 0.15) is 32.8 Å². The normalized spacial score (nSPS) is 12.7. The highest BCUT2D eigenvalue weighted by Crippen LogP contribution is 2.29. The van der Waals surface area contributed by atoms with Crippen molar-refractivity contribution in [1.82, 2.24) is 10.2 Å². The average molecular weight is 622 g/mol. The van der Waals surface area contributed by atoms with E-state index in [4.69, 9.17) is 23.2 Å². The summed E-state index contributed by atoms with van der Waals surface area (Å²) in [5, 5.41) is 14.8. The largest absolute Gasteiger partial charge is 0.352 e. The van der Waals surface area contributed by atoms with Crippen molar-refractivity contribution >= 4 is 56.4 Å². The first kappa shape index (κ1) is 31.9. The van der Waals surface area contributed by atoms with E-state index in [1.54, 1.807) is 24.3 Å². The van der Waals surface area contributed by atoms with Gasteiger partial charge in [0.2, 0.25) is 11.8 Å². The number of carbonyl (C=O) groups is 2. The predicted octanol–water partition coefficient (Wildman–Crippen LogP) is 5.43.